The summed E-state index contributed by atoms with van der Waals surface area (Å²) in [6.45, 7) is 1.39. The van der Waals surface area contributed by atoms with Gasteiger partial charge < -0.3 is 21.3 Å². The molecule has 0 atom stereocenters. The van der Waals surface area contributed by atoms with E-state index in [9.17, 15) is 61.6 Å². The number of nitrogens with one attached hydrogen (secondary N) is 4. The number of nitrogens with zero attached hydrogens (tertiary/aromatic N) is 9. The van der Waals surface area contributed by atoms with Gasteiger partial charge in [0.2, 0.25) is 40.1 Å². The molecule has 25 nitrogen and oxygen atoms in total. The van der Waals surface area contributed by atoms with Gasteiger partial charge in [0.25, 0.3) is 23.6 Å². The number of fused-ring (bicyclic) bond motifs is 4. The van der Waals surface area contributed by atoms with Crippen LogP contribution in [-0.4, -0.2) is 131 Å². The Morgan fingerprint density at radius 3 is 0.992 bits per heavy atom. The number of sulfonamides is 4. The second kappa shape index (κ2) is 37.5. The van der Waals surface area contributed by atoms with E-state index in [-0.39, 0.29) is 66.7 Å². The molecule has 9 heterocycles. The highest BCUT2D eigenvalue weighted by molar-refractivity contribution is 7.95. The molecule has 0 radical (unpaired) electrons. The quantitative estimate of drug-likeness (QED) is 0.0698. The standard InChI is InChI=1S/C24H17Cl2N3O3S.2C24H17ClFN3O3S.C23H16Cl2N4O3S/c25-21-8-5-16(13-20(21)23-18-4-2-1-3-15(18)9-10-27-23)28-24(30)19-7-6-17(14-22(19)26)29-11-12-33(29,31)32;25-20-9-6-16(13-19(20)23-10-5-15-3-1-2-4-22(15)28-23)27-24(30)18-8-7-17(14-21(18)26)29-11-12-33(29,31)32;25-21-8-5-16(13-20(21)23-18-4-2-1-3-15(18)9-10-27-23)28-24(30)19-7-6-17(14-22(19)26)29-11-12-33(29,31)32;24-19-5-2-15(11-18(19)22-6-1-14-13-26-8-7-21(14)28-22)27-23(30)17-4-3-16(12-20(17)25)29-9-10-33(29,31)32/h1-10,13-14H,11-12H2,(H,28,30);1-10,13-14H,11-12H2,(H,27,30);1-10,13-14H,11-12H2,(H,28,30);1-8,11-13H,9-10H2,(H,27,30). The van der Waals surface area contributed by atoms with E-state index in [2.05, 4.69) is 46.2 Å². The maximum Gasteiger partial charge on any atom is 0.258 e. The third-order valence-electron chi connectivity index (χ3n) is 21.9. The summed E-state index contributed by atoms with van der Waals surface area (Å²) < 4.78 is 128. The van der Waals surface area contributed by atoms with Crippen LogP contribution in [0.4, 0.5) is 54.3 Å². The monoisotopic (exact) mass is 1960 g/mol. The van der Waals surface area contributed by atoms with Crippen LogP contribution in [0.3, 0.4) is 0 Å². The summed E-state index contributed by atoms with van der Waals surface area (Å²) in [4.78, 5) is 73.5. The molecule has 0 bridgehead atoms. The minimum absolute atomic E-state index is 0.0291. The highest BCUT2D eigenvalue weighted by Gasteiger charge is 2.37. The summed E-state index contributed by atoms with van der Waals surface area (Å²) in [6, 6.07) is 73.3. The Balaban J connectivity index is 0.000000123. The smallest absolute Gasteiger partial charge is 0.258 e. The lowest BCUT2D eigenvalue weighted by Crippen LogP contribution is -2.47. The lowest BCUT2D eigenvalue weighted by molar-refractivity contribution is 0.101. The lowest BCUT2D eigenvalue weighted by atomic mass is 10.0. The number of rotatable bonds is 16. The Morgan fingerprint density at radius 2 is 0.629 bits per heavy atom. The number of benzene rings is 11. The van der Waals surface area contributed by atoms with E-state index in [0.29, 0.717) is 125 Å². The van der Waals surface area contributed by atoms with E-state index in [1.165, 1.54) is 57.1 Å². The molecule has 0 aliphatic carbocycles. The first-order valence-corrected chi connectivity index (χ1v) is 48.9. The molecule has 37 heteroatoms. The van der Waals surface area contributed by atoms with E-state index < -0.39 is 75.4 Å². The summed E-state index contributed by atoms with van der Waals surface area (Å²) in [5.74, 6) is -3.51. The molecule has 4 aliphatic rings. The number of amides is 4. The molecule has 132 heavy (non-hydrogen) atoms. The molecule has 4 N–H and O–H groups in total. The van der Waals surface area contributed by atoms with E-state index in [1.54, 1.807) is 110 Å². The van der Waals surface area contributed by atoms with Gasteiger partial charge in [0.05, 0.1) is 132 Å². The van der Waals surface area contributed by atoms with E-state index >= 15 is 0 Å². The molecule has 0 unspecified atom stereocenters. The lowest BCUT2D eigenvalue weighted by Gasteiger charge is -2.32. The van der Waals surface area contributed by atoms with Gasteiger partial charge in [0.15, 0.2) is 0 Å². The van der Waals surface area contributed by atoms with Gasteiger partial charge in [0.1, 0.15) is 11.6 Å². The first kappa shape index (κ1) is 90.6. The van der Waals surface area contributed by atoms with Gasteiger partial charge in [-0.15, -0.1) is 0 Å². The highest BCUT2D eigenvalue weighted by Crippen LogP contribution is 2.41. The van der Waals surface area contributed by atoms with Gasteiger partial charge >= 0.3 is 0 Å². The molecule has 5 aromatic heterocycles. The number of anilines is 8. The van der Waals surface area contributed by atoms with E-state index in [0.717, 1.165) is 64.1 Å². The molecule has 664 valence electrons. The molecule has 16 aromatic rings. The van der Waals surface area contributed by atoms with Crippen molar-refractivity contribution < 1.29 is 61.6 Å². The Hall–Kier alpha value is -13.3. The topological polar surface area (TPSA) is 330 Å². The Bertz CT molecular complexity index is 7460. The second-order valence-corrected chi connectivity index (χ2v) is 40.7. The number of hydrogen-bond donors (Lipinski definition) is 4. The van der Waals surface area contributed by atoms with Crippen molar-refractivity contribution in [1.29, 1.82) is 0 Å². The molecule has 4 fully saturated rings. The van der Waals surface area contributed by atoms with Crippen molar-refractivity contribution in [2.24, 2.45) is 0 Å². The molecule has 0 saturated carbocycles. The average Bonchev–Trinajstić information content (AvgIpc) is 0.755. The van der Waals surface area contributed by atoms with Crippen LogP contribution >= 0.6 is 69.6 Å². The number of carbonyl (C=O) groups is 4. The van der Waals surface area contributed by atoms with Crippen molar-refractivity contribution in [1.82, 2.24) is 24.9 Å². The van der Waals surface area contributed by atoms with Crippen LogP contribution in [0.5, 0.6) is 0 Å². The molecule has 20 rings (SSSR count). The predicted molar refractivity (Wildman–Crippen MR) is 519 cm³/mol. The number of aromatic nitrogens is 5. The molecule has 4 saturated heterocycles. The van der Waals surface area contributed by atoms with Gasteiger partial charge in [-0.25, -0.2) is 52.4 Å². The Kier molecular flexibility index (Phi) is 25.8. The fraction of sp³-hybridized carbons (Fsp3) is 0.0842. The maximum atomic E-state index is 14.6. The SMILES string of the molecule is O=C(Nc1ccc(Cl)c(-c2ccc3ccccc3n2)c1)c1ccc(N2CCS2(=O)=O)cc1F.O=C(Nc1ccc(Cl)c(-c2ccc3cnccc3n2)c1)c1ccc(N2CCS2(=O)=O)cc1Cl.O=C(Nc1ccc(Cl)c(-c2nccc3ccccc23)c1)c1ccc(N2CCS2(=O)=O)cc1Cl.O=C(Nc1ccc(Cl)c(-c2nccc3ccccc23)c1)c1ccc(N2CCS2(=O)=O)cc1F. The van der Waals surface area contributed by atoms with Gasteiger partial charge in [-0.2, -0.15) is 0 Å². The van der Waals surface area contributed by atoms with E-state index in [4.69, 9.17) is 69.6 Å². The first-order valence-electron chi connectivity index (χ1n) is 40.2. The highest BCUT2D eigenvalue weighted by atomic mass is 35.5. The van der Waals surface area contributed by atoms with Crippen molar-refractivity contribution in [3.05, 3.63) is 350 Å². The third-order valence-corrected chi connectivity index (χ3v) is 30.9. The van der Waals surface area contributed by atoms with Gasteiger partial charge in [-0.05, 0) is 199 Å². The fourth-order valence-corrected chi connectivity index (χ4v) is 20.6. The zero-order valence-electron chi connectivity index (χ0n) is 68.4. The first-order chi connectivity index (χ1) is 63.3. The summed E-state index contributed by atoms with van der Waals surface area (Å²) in [5, 5.41) is 19.0. The van der Waals surface area contributed by atoms with Crippen molar-refractivity contribution in [3.63, 3.8) is 0 Å². The minimum Gasteiger partial charge on any atom is -0.322 e. The van der Waals surface area contributed by atoms with Gasteiger partial charge in [-0.1, -0.05) is 142 Å². The number of halogens is 8. The predicted octanol–water partition coefficient (Wildman–Crippen LogP) is 20.8. The number of carbonyl (C=O) groups excluding carboxylic acids is 4. The van der Waals surface area contributed by atoms with Crippen LogP contribution in [-0.2, 0) is 40.1 Å². The molecule has 4 amide bonds. The number of hydrogen-bond acceptors (Lipinski definition) is 17. The van der Waals surface area contributed by atoms with Gasteiger partial charge in [-0.3, -0.25) is 51.4 Å². The summed E-state index contributed by atoms with van der Waals surface area (Å²) in [5.41, 5.74) is 10.1. The normalized spacial score (nSPS) is 14.7. The number of pyridine rings is 5. The van der Waals surface area contributed by atoms with Crippen LogP contribution in [0.1, 0.15) is 41.4 Å². The zero-order valence-corrected chi connectivity index (χ0v) is 76.2. The third kappa shape index (κ3) is 19.3. The molecule has 4 aliphatic heterocycles. The molecular weight excluding hydrogens is 1890 g/mol. The largest absolute Gasteiger partial charge is 0.322 e. The average molecular weight is 1960 g/mol. The summed E-state index contributed by atoms with van der Waals surface area (Å²) >= 11 is 38.3. The zero-order chi connectivity index (χ0) is 92.7. The van der Waals surface area contributed by atoms with Crippen LogP contribution in [0.25, 0.3) is 88.4 Å². The van der Waals surface area contributed by atoms with Crippen LogP contribution in [0.2, 0.25) is 30.1 Å². The Morgan fingerprint density at radius 1 is 0.303 bits per heavy atom. The second-order valence-electron chi connectivity index (χ2n) is 30.2. The fourth-order valence-electron chi connectivity index (χ4n) is 14.8. The summed E-state index contributed by atoms with van der Waals surface area (Å²) in [6.07, 6.45) is 6.81. The maximum absolute atomic E-state index is 14.6. The van der Waals surface area contributed by atoms with Gasteiger partial charge in [0, 0.05) is 118 Å². The minimum atomic E-state index is -3.38. The van der Waals surface area contributed by atoms with Crippen molar-refractivity contribution in [2.45, 2.75) is 0 Å². The summed E-state index contributed by atoms with van der Waals surface area (Å²) in [7, 11) is -13.3. The van der Waals surface area contributed by atoms with Crippen molar-refractivity contribution in [2.75, 3.05) is 87.7 Å². The van der Waals surface area contributed by atoms with Crippen molar-refractivity contribution >= 4 is 222 Å². The molecule has 0 spiro atoms. The van der Waals surface area contributed by atoms with Crippen molar-refractivity contribution in [3.8, 4) is 45.0 Å². The van der Waals surface area contributed by atoms with E-state index in [1.807, 2.05) is 115 Å². The van der Waals surface area contributed by atoms with Crippen LogP contribution in [0.15, 0.2) is 286 Å². The molecular formula is C95H67Cl6F2N13O12S4. The Labute approximate surface area is 784 Å². The van der Waals surface area contributed by atoms with Crippen LogP contribution in [0, 0.1) is 11.6 Å². The van der Waals surface area contributed by atoms with Crippen LogP contribution < -0.4 is 38.5 Å². The molecule has 11 aromatic carbocycles. The number of para-hydroxylation sites is 1.